The molecule has 2 saturated heterocycles. The summed E-state index contributed by atoms with van der Waals surface area (Å²) in [6.07, 6.45) is 4.87. The number of amides is 3. The molecular weight excluding hydrogens is 350 g/mol. The fraction of sp³-hybridized carbons (Fsp3) is 0.632. The molecule has 2 N–H and O–H groups in total. The number of carbonyl (C=O) groups excluding carboxylic acids is 3. The van der Waals surface area contributed by atoms with Crippen LogP contribution >= 0.6 is 11.3 Å². The van der Waals surface area contributed by atoms with Gasteiger partial charge in [0.15, 0.2) is 0 Å². The van der Waals surface area contributed by atoms with Gasteiger partial charge in [0.25, 0.3) is 5.91 Å². The highest BCUT2D eigenvalue weighted by Crippen LogP contribution is 2.26. The first-order valence-corrected chi connectivity index (χ1v) is 10.3. The van der Waals surface area contributed by atoms with Crippen LogP contribution in [0.1, 0.15) is 48.2 Å². The fourth-order valence-electron chi connectivity index (χ4n) is 4.02. The first kappa shape index (κ1) is 18.9. The molecule has 0 saturated carbocycles. The quantitative estimate of drug-likeness (QED) is 0.853. The van der Waals surface area contributed by atoms with Crippen molar-refractivity contribution in [2.24, 2.45) is 17.6 Å². The molecule has 2 aliphatic heterocycles. The minimum absolute atomic E-state index is 0.0375. The lowest BCUT2D eigenvalue weighted by molar-refractivity contribution is -0.138. The summed E-state index contributed by atoms with van der Waals surface area (Å²) in [5, 5.41) is 1.90. The van der Waals surface area contributed by atoms with Gasteiger partial charge in [-0.25, -0.2) is 0 Å². The largest absolute Gasteiger partial charge is 0.370 e. The van der Waals surface area contributed by atoms with E-state index in [1.807, 2.05) is 27.3 Å². The Bertz CT molecular complexity index is 646. The van der Waals surface area contributed by atoms with Gasteiger partial charge in [0, 0.05) is 32.6 Å². The molecule has 2 fully saturated rings. The van der Waals surface area contributed by atoms with Crippen LogP contribution in [0.5, 0.6) is 0 Å². The highest BCUT2D eigenvalue weighted by Gasteiger charge is 2.33. The Labute approximate surface area is 158 Å². The van der Waals surface area contributed by atoms with E-state index in [4.69, 9.17) is 5.73 Å². The molecule has 2 unspecified atom stereocenters. The van der Waals surface area contributed by atoms with Gasteiger partial charge in [0.2, 0.25) is 11.8 Å². The van der Waals surface area contributed by atoms with Crippen LogP contribution in [0.2, 0.25) is 0 Å². The number of carbonyl (C=O) groups is 3. The normalized spacial score (nSPS) is 23.7. The number of nitrogens with two attached hydrogens (primary N) is 1. The molecular formula is C19H27N3O3S. The SMILES string of the molecule is NC(=O)CCC1CCCN(C(=O)C2CCCN(C(=O)c3cccs3)C2)C1. The lowest BCUT2D eigenvalue weighted by Gasteiger charge is -2.38. The Balaban J connectivity index is 1.56. The van der Waals surface area contributed by atoms with Gasteiger partial charge in [-0.1, -0.05) is 6.07 Å². The molecule has 6 nitrogen and oxygen atoms in total. The van der Waals surface area contributed by atoms with Crippen molar-refractivity contribution in [3.05, 3.63) is 22.4 Å². The molecule has 3 rings (SSSR count). The molecule has 3 amide bonds. The van der Waals surface area contributed by atoms with Gasteiger partial charge in [-0.05, 0) is 49.5 Å². The molecule has 0 radical (unpaired) electrons. The second-order valence-electron chi connectivity index (χ2n) is 7.37. The van der Waals surface area contributed by atoms with Crippen LogP contribution in [0.25, 0.3) is 0 Å². The summed E-state index contributed by atoms with van der Waals surface area (Å²) in [7, 11) is 0. The van der Waals surface area contributed by atoms with Gasteiger partial charge in [-0.3, -0.25) is 14.4 Å². The first-order chi connectivity index (χ1) is 12.5. The van der Waals surface area contributed by atoms with Crippen LogP contribution in [0.15, 0.2) is 17.5 Å². The Hall–Kier alpha value is -1.89. The maximum absolute atomic E-state index is 13.0. The summed E-state index contributed by atoms with van der Waals surface area (Å²) >= 11 is 1.45. The standard InChI is InChI=1S/C19H27N3O3S/c20-17(23)8-7-14-4-1-9-21(12-14)18(24)15-5-2-10-22(13-15)19(25)16-6-3-11-26-16/h3,6,11,14-15H,1-2,4-5,7-10,12-13H2,(H2,20,23). The molecule has 0 bridgehead atoms. The highest BCUT2D eigenvalue weighted by molar-refractivity contribution is 7.12. The zero-order chi connectivity index (χ0) is 18.5. The third-order valence-electron chi connectivity index (χ3n) is 5.42. The van der Waals surface area contributed by atoms with E-state index in [0.29, 0.717) is 25.4 Å². The number of rotatable bonds is 5. The van der Waals surface area contributed by atoms with Crippen LogP contribution in [-0.4, -0.2) is 53.7 Å². The van der Waals surface area contributed by atoms with Crippen molar-refractivity contribution in [1.82, 2.24) is 9.80 Å². The number of likely N-dealkylation sites (tertiary alicyclic amines) is 2. The number of thiophene rings is 1. The summed E-state index contributed by atoms with van der Waals surface area (Å²) in [6, 6.07) is 3.72. The van der Waals surface area contributed by atoms with E-state index in [2.05, 4.69) is 0 Å². The smallest absolute Gasteiger partial charge is 0.263 e. The van der Waals surface area contributed by atoms with Crippen molar-refractivity contribution in [3.8, 4) is 0 Å². The van der Waals surface area contributed by atoms with Gasteiger partial charge >= 0.3 is 0 Å². The van der Waals surface area contributed by atoms with Crippen molar-refractivity contribution >= 4 is 29.1 Å². The van der Waals surface area contributed by atoms with Crippen LogP contribution in [0, 0.1) is 11.8 Å². The zero-order valence-corrected chi connectivity index (χ0v) is 15.9. The van der Waals surface area contributed by atoms with E-state index in [1.165, 1.54) is 11.3 Å². The summed E-state index contributed by atoms with van der Waals surface area (Å²) in [5.41, 5.74) is 5.25. The molecule has 0 aromatic carbocycles. The van der Waals surface area contributed by atoms with Crippen molar-refractivity contribution in [3.63, 3.8) is 0 Å². The second-order valence-corrected chi connectivity index (χ2v) is 8.31. The third-order valence-corrected chi connectivity index (χ3v) is 6.28. The number of primary amides is 1. The van der Waals surface area contributed by atoms with Crippen LogP contribution < -0.4 is 5.73 Å². The third kappa shape index (κ3) is 4.63. The molecule has 2 atom stereocenters. The molecule has 0 spiro atoms. The summed E-state index contributed by atoms with van der Waals surface area (Å²) < 4.78 is 0. The van der Waals surface area contributed by atoms with Crippen molar-refractivity contribution in [2.75, 3.05) is 26.2 Å². The minimum Gasteiger partial charge on any atom is -0.370 e. The number of piperidine rings is 2. The fourth-order valence-corrected chi connectivity index (χ4v) is 4.72. The Morgan fingerprint density at radius 1 is 1.12 bits per heavy atom. The molecule has 0 aliphatic carbocycles. The lowest BCUT2D eigenvalue weighted by atomic mass is 9.90. The van der Waals surface area contributed by atoms with Crippen molar-refractivity contribution in [1.29, 1.82) is 0 Å². The van der Waals surface area contributed by atoms with E-state index >= 15 is 0 Å². The molecule has 1 aromatic heterocycles. The van der Waals surface area contributed by atoms with Gasteiger partial charge < -0.3 is 15.5 Å². The monoisotopic (exact) mass is 377 g/mol. The molecule has 1 aromatic rings. The number of hydrogen-bond acceptors (Lipinski definition) is 4. The van der Waals surface area contributed by atoms with Gasteiger partial charge in [-0.2, -0.15) is 0 Å². The summed E-state index contributed by atoms with van der Waals surface area (Å²) in [5.74, 6) is 0.173. The molecule has 3 heterocycles. The van der Waals surface area contributed by atoms with Crippen LogP contribution in [0.4, 0.5) is 0 Å². The Morgan fingerprint density at radius 2 is 1.88 bits per heavy atom. The predicted octanol–water partition coefficient (Wildman–Crippen LogP) is 2.10. The molecule has 7 heteroatoms. The minimum atomic E-state index is -0.275. The second kappa shape index (κ2) is 8.66. The van der Waals surface area contributed by atoms with Crippen LogP contribution in [0.3, 0.4) is 0 Å². The molecule has 2 aliphatic rings. The number of hydrogen-bond donors (Lipinski definition) is 1. The van der Waals surface area contributed by atoms with E-state index < -0.39 is 0 Å². The van der Waals surface area contributed by atoms with E-state index in [0.717, 1.165) is 50.1 Å². The average Bonchev–Trinajstić information content (AvgIpc) is 3.20. The predicted molar refractivity (Wildman–Crippen MR) is 101 cm³/mol. The van der Waals surface area contributed by atoms with Crippen LogP contribution in [-0.2, 0) is 9.59 Å². The van der Waals surface area contributed by atoms with Gasteiger partial charge in [0.05, 0.1) is 10.8 Å². The van der Waals surface area contributed by atoms with Crippen molar-refractivity contribution < 1.29 is 14.4 Å². The average molecular weight is 378 g/mol. The van der Waals surface area contributed by atoms with Crippen molar-refractivity contribution in [2.45, 2.75) is 38.5 Å². The summed E-state index contributed by atoms with van der Waals surface area (Å²) in [6.45, 7) is 2.72. The van der Waals surface area contributed by atoms with E-state index in [1.54, 1.807) is 0 Å². The maximum atomic E-state index is 13.0. The topological polar surface area (TPSA) is 83.7 Å². The summed E-state index contributed by atoms with van der Waals surface area (Å²) in [4.78, 5) is 41.1. The maximum Gasteiger partial charge on any atom is 0.263 e. The highest BCUT2D eigenvalue weighted by atomic mass is 32.1. The van der Waals surface area contributed by atoms with Gasteiger partial charge in [-0.15, -0.1) is 11.3 Å². The Morgan fingerprint density at radius 3 is 2.62 bits per heavy atom. The molecule has 26 heavy (non-hydrogen) atoms. The van der Waals surface area contributed by atoms with E-state index in [-0.39, 0.29) is 23.6 Å². The van der Waals surface area contributed by atoms with E-state index in [9.17, 15) is 14.4 Å². The molecule has 142 valence electrons. The lowest BCUT2D eigenvalue weighted by Crippen LogP contribution is -2.49. The first-order valence-electron chi connectivity index (χ1n) is 9.44. The number of nitrogens with zero attached hydrogens (tertiary/aromatic N) is 2. The van der Waals surface area contributed by atoms with Gasteiger partial charge in [0.1, 0.15) is 0 Å². The Kier molecular flexibility index (Phi) is 6.29. The zero-order valence-electron chi connectivity index (χ0n) is 15.1.